The fourth-order valence-electron chi connectivity index (χ4n) is 7.38. The fourth-order valence-corrected chi connectivity index (χ4v) is 7.38. The summed E-state index contributed by atoms with van der Waals surface area (Å²) in [6.07, 6.45) is 9.95. The molecule has 4 rings (SSSR count). The molecule has 22 heavy (non-hydrogen) atoms. The lowest BCUT2D eigenvalue weighted by Crippen LogP contribution is -2.58. The maximum Gasteiger partial charge on any atom is 0.139 e. The highest BCUT2D eigenvalue weighted by Crippen LogP contribution is 2.69. The molecular weight excluding hydrogens is 272 g/mol. The topological polar surface area (TPSA) is 37.3 Å². The molecule has 0 aliphatic heterocycles. The van der Waals surface area contributed by atoms with Gasteiger partial charge in [-0.15, -0.1) is 0 Å². The molecule has 0 aromatic carbocycles. The SMILES string of the molecule is C[C@@]12CC[C@@H]3[C@@H]4CCC(=O)[C@]4(C)CC[C@@H]3[C@]1(C)CC[C@@H](O)C2. The van der Waals surface area contributed by atoms with Crippen LogP contribution < -0.4 is 0 Å². The molecule has 124 valence electrons. The zero-order valence-corrected chi connectivity index (χ0v) is 14.5. The predicted octanol–water partition coefficient (Wildman–Crippen LogP) is 4.35. The van der Waals surface area contributed by atoms with Crippen molar-refractivity contribution in [3.63, 3.8) is 0 Å². The van der Waals surface area contributed by atoms with E-state index < -0.39 is 0 Å². The van der Waals surface area contributed by atoms with Crippen molar-refractivity contribution >= 4 is 5.78 Å². The van der Waals surface area contributed by atoms with Gasteiger partial charge in [0.15, 0.2) is 0 Å². The smallest absolute Gasteiger partial charge is 0.139 e. The summed E-state index contributed by atoms with van der Waals surface area (Å²) in [4.78, 5) is 12.4. The summed E-state index contributed by atoms with van der Waals surface area (Å²) < 4.78 is 0. The molecule has 0 unspecified atom stereocenters. The lowest BCUT2D eigenvalue weighted by atomic mass is 9.40. The Kier molecular flexibility index (Phi) is 3.16. The third kappa shape index (κ3) is 1.74. The Balaban J connectivity index is 1.68. The molecule has 2 nitrogen and oxygen atoms in total. The number of hydrogen-bond donors (Lipinski definition) is 1. The van der Waals surface area contributed by atoms with Crippen LogP contribution in [0.15, 0.2) is 0 Å². The first-order valence-electron chi connectivity index (χ1n) is 9.52. The van der Waals surface area contributed by atoms with Crippen LogP contribution in [0.1, 0.15) is 78.6 Å². The second-order valence-electron chi connectivity index (χ2n) is 9.71. The van der Waals surface area contributed by atoms with E-state index in [1.807, 2.05) is 0 Å². The van der Waals surface area contributed by atoms with E-state index in [0.717, 1.165) is 43.9 Å². The normalized spacial score (nSPS) is 57.9. The highest BCUT2D eigenvalue weighted by Gasteiger charge is 2.63. The van der Waals surface area contributed by atoms with Gasteiger partial charge < -0.3 is 5.11 Å². The molecule has 4 aliphatic carbocycles. The van der Waals surface area contributed by atoms with Crippen molar-refractivity contribution < 1.29 is 9.90 Å². The van der Waals surface area contributed by atoms with E-state index >= 15 is 0 Å². The van der Waals surface area contributed by atoms with Crippen LogP contribution in [0.5, 0.6) is 0 Å². The largest absolute Gasteiger partial charge is 0.393 e. The van der Waals surface area contributed by atoms with Gasteiger partial charge in [0.05, 0.1) is 6.10 Å². The molecule has 0 radical (unpaired) electrons. The van der Waals surface area contributed by atoms with E-state index in [-0.39, 0.29) is 11.5 Å². The lowest BCUT2D eigenvalue weighted by molar-refractivity contribution is -0.169. The Morgan fingerprint density at radius 1 is 0.955 bits per heavy atom. The summed E-state index contributed by atoms with van der Waals surface area (Å²) in [5.41, 5.74) is 0.684. The Morgan fingerprint density at radius 3 is 2.50 bits per heavy atom. The van der Waals surface area contributed by atoms with Crippen LogP contribution in [0, 0.1) is 34.0 Å². The van der Waals surface area contributed by atoms with Crippen LogP contribution in [-0.2, 0) is 4.79 Å². The summed E-state index contributed by atoms with van der Waals surface area (Å²) in [5, 5.41) is 10.2. The minimum atomic E-state index is -0.0865. The number of Topliss-reactive ketones (excluding diaryl/α,β-unsaturated/α-hetero) is 1. The van der Waals surface area contributed by atoms with Crippen molar-refractivity contribution in [3.05, 3.63) is 0 Å². The van der Waals surface area contributed by atoms with Crippen LogP contribution in [0.3, 0.4) is 0 Å². The standard InChI is InChI=1S/C20H32O2/c1-18-9-7-14-15-4-5-17(22)19(15,2)10-8-16(14)20(18,3)11-6-13(21)12-18/h13-16,21H,4-12H2,1-3H3/t13-,14-,15+,16+,18+,19-,20+/m1/s1. The van der Waals surface area contributed by atoms with Crippen molar-refractivity contribution in [3.8, 4) is 0 Å². The van der Waals surface area contributed by atoms with Gasteiger partial charge in [-0.2, -0.15) is 0 Å². The van der Waals surface area contributed by atoms with Gasteiger partial charge in [0.2, 0.25) is 0 Å². The first kappa shape index (κ1) is 15.2. The summed E-state index contributed by atoms with van der Waals surface area (Å²) in [7, 11) is 0. The third-order valence-corrected chi connectivity index (χ3v) is 9.06. The molecule has 0 aromatic heterocycles. The summed E-state index contributed by atoms with van der Waals surface area (Å²) in [6.45, 7) is 7.23. The van der Waals surface area contributed by atoms with Gasteiger partial charge in [-0.25, -0.2) is 0 Å². The van der Waals surface area contributed by atoms with E-state index in [4.69, 9.17) is 0 Å². The first-order chi connectivity index (χ1) is 10.3. The molecule has 0 spiro atoms. The van der Waals surface area contributed by atoms with Crippen molar-refractivity contribution in [1.29, 1.82) is 0 Å². The molecule has 4 saturated carbocycles. The van der Waals surface area contributed by atoms with E-state index in [0.29, 0.717) is 22.5 Å². The number of hydrogen-bond acceptors (Lipinski definition) is 2. The van der Waals surface area contributed by atoms with Crippen LogP contribution in [0.2, 0.25) is 0 Å². The second kappa shape index (κ2) is 4.59. The number of aliphatic hydroxyl groups excluding tert-OH is 1. The maximum atomic E-state index is 12.4. The highest BCUT2D eigenvalue weighted by atomic mass is 16.3. The number of ketones is 1. The van der Waals surface area contributed by atoms with E-state index in [1.165, 1.54) is 25.7 Å². The van der Waals surface area contributed by atoms with Crippen LogP contribution in [0.4, 0.5) is 0 Å². The van der Waals surface area contributed by atoms with Crippen LogP contribution in [0.25, 0.3) is 0 Å². The van der Waals surface area contributed by atoms with Gasteiger partial charge in [-0.3, -0.25) is 4.79 Å². The lowest BCUT2D eigenvalue weighted by Gasteiger charge is -2.64. The monoisotopic (exact) mass is 304 g/mol. The molecule has 7 atom stereocenters. The van der Waals surface area contributed by atoms with Gasteiger partial charge in [0, 0.05) is 11.8 Å². The van der Waals surface area contributed by atoms with Gasteiger partial charge in [-0.1, -0.05) is 20.8 Å². The van der Waals surface area contributed by atoms with E-state index in [2.05, 4.69) is 20.8 Å². The Bertz CT molecular complexity index is 500. The summed E-state index contributed by atoms with van der Waals surface area (Å²) >= 11 is 0. The number of aliphatic hydroxyl groups is 1. The minimum absolute atomic E-state index is 0.000547. The predicted molar refractivity (Wildman–Crippen MR) is 87.4 cm³/mol. The van der Waals surface area contributed by atoms with Crippen LogP contribution >= 0.6 is 0 Å². The van der Waals surface area contributed by atoms with Gasteiger partial charge >= 0.3 is 0 Å². The molecule has 4 aliphatic rings. The number of rotatable bonds is 0. The molecule has 0 aromatic rings. The molecule has 0 heterocycles. The quantitative estimate of drug-likeness (QED) is 0.722. The molecule has 0 amide bonds. The van der Waals surface area contributed by atoms with Crippen molar-refractivity contribution in [2.45, 2.75) is 84.7 Å². The number of fused-ring (bicyclic) bond motifs is 5. The highest BCUT2D eigenvalue weighted by molar-refractivity contribution is 5.87. The van der Waals surface area contributed by atoms with Crippen molar-refractivity contribution in [1.82, 2.24) is 0 Å². The molecule has 0 saturated heterocycles. The van der Waals surface area contributed by atoms with E-state index in [9.17, 15) is 9.90 Å². The van der Waals surface area contributed by atoms with Gasteiger partial charge in [-0.05, 0) is 80.0 Å². The first-order valence-corrected chi connectivity index (χ1v) is 9.52. The molecule has 1 N–H and O–H groups in total. The molecular formula is C20H32O2. The number of carbonyl (C=O) groups is 1. The zero-order valence-electron chi connectivity index (χ0n) is 14.5. The average Bonchev–Trinajstić information content (AvgIpc) is 2.76. The summed E-state index contributed by atoms with van der Waals surface area (Å²) in [6, 6.07) is 0. The minimum Gasteiger partial charge on any atom is -0.393 e. The Hall–Kier alpha value is -0.370. The average molecular weight is 304 g/mol. The maximum absolute atomic E-state index is 12.4. The fraction of sp³-hybridized carbons (Fsp3) is 0.950. The Morgan fingerprint density at radius 2 is 1.73 bits per heavy atom. The second-order valence-corrected chi connectivity index (χ2v) is 9.71. The van der Waals surface area contributed by atoms with Gasteiger partial charge in [0.25, 0.3) is 0 Å². The third-order valence-electron chi connectivity index (χ3n) is 9.06. The Labute approximate surface area is 135 Å². The zero-order chi connectivity index (χ0) is 15.8. The van der Waals surface area contributed by atoms with Crippen LogP contribution in [-0.4, -0.2) is 17.0 Å². The molecule has 4 fully saturated rings. The van der Waals surface area contributed by atoms with Gasteiger partial charge in [0.1, 0.15) is 5.78 Å². The molecule has 2 heteroatoms. The molecule has 0 bridgehead atoms. The van der Waals surface area contributed by atoms with Crippen molar-refractivity contribution in [2.75, 3.05) is 0 Å². The van der Waals surface area contributed by atoms with Crippen molar-refractivity contribution in [2.24, 2.45) is 34.0 Å². The summed E-state index contributed by atoms with van der Waals surface area (Å²) in [5.74, 6) is 2.74. The van der Waals surface area contributed by atoms with E-state index in [1.54, 1.807) is 0 Å². The number of carbonyl (C=O) groups excluding carboxylic acids is 1.